The molecule has 0 radical (unpaired) electrons. The van der Waals surface area contributed by atoms with Crippen molar-refractivity contribution in [2.45, 2.75) is 13.5 Å². The predicted octanol–water partition coefficient (Wildman–Crippen LogP) is 4.92. The first-order chi connectivity index (χ1) is 18.8. The fourth-order valence-electron chi connectivity index (χ4n) is 5.13. The van der Waals surface area contributed by atoms with Crippen LogP contribution in [0.4, 0.5) is 5.69 Å². The van der Waals surface area contributed by atoms with E-state index in [4.69, 9.17) is 4.74 Å². The third-order valence-electron chi connectivity index (χ3n) is 7.01. The van der Waals surface area contributed by atoms with Crippen molar-refractivity contribution in [2.75, 3.05) is 43.9 Å². The summed E-state index contributed by atoms with van der Waals surface area (Å²) in [5.41, 5.74) is 5.01. The monoisotopic (exact) mass is 543 g/mol. The lowest BCUT2D eigenvalue weighted by molar-refractivity contribution is 0.0981. The Morgan fingerprint density at radius 3 is 2.28 bits per heavy atom. The van der Waals surface area contributed by atoms with E-state index in [-0.39, 0.29) is 0 Å². The summed E-state index contributed by atoms with van der Waals surface area (Å²) in [5.74, 6) is 0.266. The summed E-state index contributed by atoms with van der Waals surface area (Å²) in [6.07, 6.45) is 0.970. The summed E-state index contributed by atoms with van der Waals surface area (Å²) in [7, 11) is -3.59. The number of fused-ring (bicyclic) bond motifs is 1. The van der Waals surface area contributed by atoms with Gasteiger partial charge < -0.3 is 9.64 Å². The van der Waals surface area contributed by atoms with Crippen LogP contribution in [0.5, 0.6) is 5.75 Å². The van der Waals surface area contributed by atoms with Gasteiger partial charge in [-0.25, -0.2) is 13.1 Å². The van der Waals surface area contributed by atoms with Crippen LogP contribution in [-0.2, 0) is 16.6 Å². The van der Waals surface area contributed by atoms with Crippen molar-refractivity contribution in [3.05, 3.63) is 96.1 Å². The lowest BCUT2D eigenvalue weighted by Gasteiger charge is -2.36. The summed E-state index contributed by atoms with van der Waals surface area (Å²) in [4.78, 5) is 16.9. The van der Waals surface area contributed by atoms with Crippen molar-refractivity contribution < 1.29 is 17.9 Å². The number of benzene rings is 4. The van der Waals surface area contributed by atoms with Gasteiger partial charge in [-0.15, -0.1) is 0 Å². The first-order valence-corrected chi connectivity index (χ1v) is 15.0. The van der Waals surface area contributed by atoms with Gasteiger partial charge in [0, 0.05) is 44.0 Å². The average molecular weight is 544 g/mol. The van der Waals surface area contributed by atoms with E-state index >= 15 is 0 Å². The van der Waals surface area contributed by atoms with E-state index < -0.39 is 15.9 Å². The number of anilines is 1. The maximum absolute atomic E-state index is 12.1. The Kier molecular flexibility index (Phi) is 7.86. The van der Waals surface area contributed by atoms with Crippen LogP contribution < -0.4 is 14.4 Å². The Balaban J connectivity index is 1.27. The van der Waals surface area contributed by atoms with Gasteiger partial charge in [0.2, 0.25) is 10.0 Å². The van der Waals surface area contributed by atoms with E-state index in [1.54, 1.807) is 12.1 Å². The summed E-state index contributed by atoms with van der Waals surface area (Å²) in [6, 6.07) is 28.4. The fraction of sp³-hybridized carbons (Fsp3) is 0.258. The minimum atomic E-state index is -3.59. The van der Waals surface area contributed by atoms with Crippen LogP contribution in [0.3, 0.4) is 0 Å². The molecule has 4 aromatic rings. The number of amides is 1. The van der Waals surface area contributed by atoms with Crippen LogP contribution in [0.1, 0.15) is 22.8 Å². The van der Waals surface area contributed by atoms with Gasteiger partial charge in [-0.05, 0) is 70.8 Å². The van der Waals surface area contributed by atoms with Gasteiger partial charge in [-0.1, -0.05) is 48.5 Å². The molecule has 0 aliphatic carbocycles. The number of ether oxygens (including phenoxy) is 1. The zero-order valence-electron chi connectivity index (χ0n) is 22.3. The second kappa shape index (κ2) is 11.5. The molecule has 1 fully saturated rings. The lowest BCUT2D eigenvalue weighted by Crippen LogP contribution is -2.46. The molecule has 1 saturated heterocycles. The summed E-state index contributed by atoms with van der Waals surface area (Å²) in [6.45, 7) is 7.09. The van der Waals surface area contributed by atoms with Crippen molar-refractivity contribution in [1.82, 2.24) is 9.62 Å². The largest absolute Gasteiger partial charge is 0.494 e. The van der Waals surface area contributed by atoms with Gasteiger partial charge in [0.05, 0.1) is 12.9 Å². The second-order valence-electron chi connectivity index (χ2n) is 9.79. The molecule has 5 rings (SSSR count). The van der Waals surface area contributed by atoms with E-state index in [2.05, 4.69) is 58.3 Å². The maximum atomic E-state index is 12.1. The summed E-state index contributed by atoms with van der Waals surface area (Å²) < 4.78 is 30.4. The number of hydrogen-bond donors (Lipinski definition) is 1. The number of nitrogens with zero attached hydrogens (tertiary/aromatic N) is 2. The molecule has 7 nitrogen and oxygen atoms in total. The fourth-order valence-corrected chi connectivity index (χ4v) is 5.58. The molecule has 1 aliphatic rings. The Labute approximate surface area is 230 Å². The molecule has 0 atom stereocenters. The summed E-state index contributed by atoms with van der Waals surface area (Å²) >= 11 is 0. The maximum Gasteiger partial charge on any atom is 0.264 e. The number of carbonyl (C=O) groups is 1. The van der Waals surface area contributed by atoms with Crippen LogP contribution in [0.2, 0.25) is 0 Å². The normalized spacial score (nSPS) is 14.4. The number of carbonyl (C=O) groups excluding carboxylic acids is 1. The third kappa shape index (κ3) is 6.41. The Morgan fingerprint density at radius 2 is 1.59 bits per heavy atom. The highest BCUT2D eigenvalue weighted by Gasteiger charge is 2.19. The highest BCUT2D eigenvalue weighted by atomic mass is 32.2. The van der Waals surface area contributed by atoms with Gasteiger partial charge in [0.25, 0.3) is 5.91 Å². The minimum absolute atomic E-state index is 0.322. The molecule has 0 unspecified atom stereocenters. The highest BCUT2D eigenvalue weighted by molar-refractivity contribution is 7.89. The molecule has 0 bridgehead atoms. The van der Waals surface area contributed by atoms with Gasteiger partial charge >= 0.3 is 0 Å². The zero-order chi connectivity index (χ0) is 27.4. The van der Waals surface area contributed by atoms with Crippen LogP contribution in [-0.4, -0.2) is 58.3 Å². The molecular weight excluding hydrogens is 510 g/mol. The third-order valence-corrected chi connectivity index (χ3v) is 7.57. The molecular formula is C31H33N3O4S. The van der Waals surface area contributed by atoms with E-state index in [0.717, 1.165) is 56.0 Å². The van der Waals surface area contributed by atoms with Gasteiger partial charge in [-0.3, -0.25) is 9.69 Å². The van der Waals surface area contributed by atoms with Gasteiger partial charge in [-0.2, -0.15) is 0 Å². The average Bonchev–Trinajstić information content (AvgIpc) is 2.93. The highest BCUT2D eigenvalue weighted by Crippen LogP contribution is 2.33. The molecule has 1 heterocycles. The van der Waals surface area contributed by atoms with E-state index in [0.29, 0.717) is 12.2 Å². The van der Waals surface area contributed by atoms with Crippen molar-refractivity contribution in [3.8, 4) is 16.9 Å². The predicted molar refractivity (Wildman–Crippen MR) is 157 cm³/mol. The molecule has 0 saturated carbocycles. The Hall–Kier alpha value is -3.88. The minimum Gasteiger partial charge on any atom is -0.494 e. The smallest absolute Gasteiger partial charge is 0.264 e. The first kappa shape index (κ1) is 26.7. The molecule has 4 aromatic carbocycles. The van der Waals surface area contributed by atoms with E-state index in [1.807, 2.05) is 35.9 Å². The number of nitrogens with one attached hydrogen (secondary N) is 1. The van der Waals surface area contributed by atoms with Gasteiger partial charge in [0.15, 0.2) is 0 Å². The van der Waals surface area contributed by atoms with Crippen molar-refractivity contribution in [2.24, 2.45) is 0 Å². The quantitative estimate of drug-likeness (QED) is 0.340. The second-order valence-corrected chi connectivity index (χ2v) is 11.5. The number of rotatable bonds is 8. The number of sulfonamides is 1. The van der Waals surface area contributed by atoms with Crippen molar-refractivity contribution in [1.29, 1.82) is 0 Å². The lowest BCUT2D eigenvalue weighted by atomic mass is 9.94. The van der Waals surface area contributed by atoms with E-state index in [9.17, 15) is 13.2 Å². The SMILES string of the molecule is CCOc1cccc(-c2ccc(CN3CCN(c4ccc(C(=O)NS(C)(=O)=O)cc4)CC3)c3ccccc23)c1. The van der Waals surface area contributed by atoms with Crippen LogP contribution in [0.25, 0.3) is 21.9 Å². The van der Waals surface area contributed by atoms with Crippen molar-refractivity contribution >= 4 is 32.4 Å². The molecule has 0 aromatic heterocycles. The zero-order valence-corrected chi connectivity index (χ0v) is 23.1. The standard InChI is InChI=1S/C31H33N3O4S/c1-3-38-27-8-6-7-24(21-27)29-16-13-25(28-9-4-5-10-30(28)29)22-33-17-19-34(20-18-33)26-14-11-23(12-15-26)31(35)32-39(2,36)37/h4-16,21H,3,17-20,22H2,1-2H3,(H,32,35). The summed E-state index contributed by atoms with van der Waals surface area (Å²) in [5, 5.41) is 2.50. The van der Waals surface area contributed by atoms with E-state index in [1.165, 1.54) is 21.9 Å². The first-order valence-electron chi connectivity index (χ1n) is 13.1. The van der Waals surface area contributed by atoms with Crippen LogP contribution in [0.15, 0.2) is 84.9 Å². The molecule has 1 aliphatic heterocycles. The number of hydrogen-bond acceptors (Lipinski definition) is 6. The van der Waals surface area contributed by atoms with Crippen molar-refractivity contribution in [3.63, 3.8) is 0 Å². The topological polar surface area (TPSA) is 79.0 Å². The molecule has 8 heteroatoms. The molecule has 0 spiro atoms. The molecule has 39 heavy (non-hydrogen) atoms. The molecule has 1 amide bonds. The molecule has 1 N–H and O–H groups in total. The van der Waals surface area contributed by atoms with Crippen LogP contribution in [0, 0.1) is 0 Å². The Bertz CT molecular complexity index is 1580. The Morgan fingerprint density at radius 1 is 0.872 bits per heavy atom. The van der Waals surface area contributed by atoms with Gasteiger partial charge in [0.1, 0.15) is 5.75 Å². The van der Waals surface area contributed by atoms with Crippen LogP contribution >= 0.6 is 0 Å². The number of piperazine rings is 1. The molecule has 202 valence electrons.